The quantitative estimate of drug-likeness (QED) is 0.407. The zero-order valence-corrected chi connectivity index (χ0v) is 21.1. The van der Waals surface area contributed by atoms with Gasteiger partial charge in [-0.2, -0.15) is 0 Å². The fraction of sp³-hybridized carbons (Fsp3) is 0.440. The first-order chi connectivity index (χ1) is 15.8. The Hall–Kier alpha value is -2.44. The number of ether oxygens (including phenoxy) is 2. The predicted molar refractivity (Wildman–Crippen MR) is 132 cm³/mol. The summed E-state index contributed by atoms with van der Waals surface area (Å²) < 4.78 is 10.6. The summed E-state index contributed by atoms with van der Waals surface area (Å²) in [7, 11) is 3.15. The number of benzene rings is 2. The molecule has 0 bridgehead atoms. The lowest BCUT2D eigenvalue weighted by atomic mass is 10.1. The number of rotatable bonds is 12. The first-order valence-electron chi connectivity index (χ1n) is 11.0. The molecule has 180 valence electrons. The molecule has 1 unspecified atom stereocenters. The number of halogens is 2. The number of hydrogen-bond acceptors (Lipinski definition) is 4. The molecule has 0 saturated heterocycles. The van der Waals surface area contributed by atoms with Crippen LogP contribution in [0.15, 0.2) is 36.4 Å². The average molecular weight is 495 g/mol. The van der Waals surface area contributed by atoms with Crippen LogP contribution in [0, 0.1) is 0 Å². The molecule has 0 aliphatic heterocycles. The molecule has 2 rings (SSSR count). The molecule has 0 spiro atoms. The van der Waals surface area contributed by atoms with Gasteiger partial charge in [0.25, 0.3) is 0 Å². The van der Waals surface area contributed by atoms with Crippen LogP contribution in [0.5, 0.6) is 11.5 Å². The Bertz CT molecular complexity index is 932. The maximum atomic E-state index is 13.3. The highest BCUT2D eigenvalue weighted by atomic mass is 35.5. The summed E-state index contributed by atoms with van der Waals surface area (Å²) in [4.78, 5) is 27.6. The van der Waals surface area contributed by atoms with Gasteiger partial charge in [0.05, 0.1) is 14.2 Å². The van der Waals surface area contributed by atoms with Crippen LogP contribution in [0.1, 0.15) is 44.2 Å². The number of nitrogens with zero attached hydrogens (tertiary/aromatic N) is 1. The first-order valence-corrected chi connectivity index (χ1v) is 11.8. The van der Waals surface area contributed by atoms with Crippen LogP contribution >= 0.6 is 23.2 Å². The molecule has 2 aromatic rings. The summed E-state index contributed by atoms with van der Waals surface area (Å²) in [5.74, 6) is 0.857. The highest BCUT2D eigenvalue weighted by Gasteiger charge is 2.27. The zero-order chi connectivity index (χ0) is 24.4. The minimum absolute atomic E-state index is 0.144. The average Bonchev–Trinajstić information content (AvgIpc) is 2.81. The van der Waals surface area contributed by atoms with Crippen molar-refractivity contribution in [2.75, 3.05) is 20.8 Å². The Labute approximate surface area is 206 Å². The third-order valence-corrected chi connectivity index (χ3v) is 6.17. The first kappa shape index (κ1) is 26.8. The van der Waals surface area contributed by atoms with Crippen molar-refractivity contribution in [2.45, 2.75) is 52.1 Å². The molecule has 0 fully saturated rings. The van der Waals surface area contributed by atoms with Gasteiger partial charge in [0.15, 0.2) is 11.5 Å². The fourth-order valence-electron chi connectivity index (χ4n) is 3.40. The number of unbranched alkanes of at least 4 members (excludes halogenated alkanes) is 1. The fourth-order valence-corrected chi connectivity index (χ4v) is 3.92. The van der Waals surface area contributed by atoms with Crippen LogP contribution in [0.3, 0.4) is 0 Å². The van der Waals surface area contributed by atoms with Crippen LogP contribution < -0.4 is 14.8 Å². The molecule has 0 radical (unpaired) electrons. The summed E-state index contributed by atoms with van der Waals surface area (Å²) in [5.41, 5.74) is 1.55. The molecule has 0 aliphatic rings. The molecule has 1 atom stereocenters. The summed E-state index contributed by atoms with van der Waals surface area (Å²) >= 11 is 12.7. The second-order valence-corrected chi connectivity index (χ2v) is 8.55. The van der Waals surface area contributed by atoms with Crippen molar-refractivity contribution in [1.82, 2.24) is 10.2 Å². The molecule has 0 aromatic heterocycles. The van der Waals surface area contributed by atoms with Crippen molar-refractivity contribution in [1.29, 1.82) is 0 Å². The van der Waals surface area contributed by atoms with Crippen molar-refractivity contribution in [3.05, 3.63) is 57.6 Å². The second-order valence-electron chi connectivity index (χ2n) is 7.73. The topological polar surface area (TPSA) is 67.9 Å². The molecule has 0 saturated carbocycles. The smallest absolute Gasteiger partial charge is 0.242 e. The monoisotopic (exact) mass is 494 g/mol. The van der Waals surface area contributed by atoms with Crippen LogP contribution in [0.4, 0.5) is 0 Å². The Balaban J connectivity index is 2.20. The highest BCUT2D eigenvalue weighted by Crippen LogP contribution is 2.29. The van der Waals surface area contributed by atoms with E-state index < -0.39 is 6.04 Å². The Kier molecular flexibility index (Phi) is 10.8. The lowest BCUT2D eigenvalue weighted by Gasteiger charge is -2.29. The van der Waals surface area contributed by atoms with Crippen molar-refractivity contribution < 1.29 is 19.1 Å². The summed E-state index contributed by atoms with van der Waals surface area (Å²) in [6, 6.07) is 10.1. The summed E-state index contributed by atoms with van der Waals surface area (Å²) in [6.07, 6.45) is 2.54. The number of aryl methyl sites for hydroxylation is 1. The van der Waals surface area contributed by atoms with Crippen molar-refractivity contribution >= 4 is 35.0 Å². The number of nitrogens with one attached hydrogen (secondary N) is 1. The lowest BCUT2D eigenvalue weighted by Crippen LogP contribution is -2.48. The molecule has 2 aromatic carbocycles. The van der Waals surface area contributed by atoms with E-state index in [-0.39, 0.29) is 24.8 Å². The normalized spacial score (nSPS) is 11.6. The Morgan fingerprint density at radius 1 is 1.06 bits per heavy atom. The van der Waals surface area contributed by atoms with E-state index >= 15 is 0 Å². The molecule has 8 heteroatoms. The summed E-state index contributed by atoms with van der Waals surface area (Å²) in [5, 5.41) is 3.82. The third kappa shape index (κ3) is 7.54. The van der Waals surface area contributed by atoms with E-state index in [4.69, 9.17) is 32.7 Å². The van der Waals surface area contributed by atoms with Gasteiger partial charge < -0.3 is 19.7 Å². The van der Waals surface area contributed by atoms with Crippen LogP contribution in [0.25, 0.3) is 0 Å². The van der Waals surface area contributed by atoms with E-state index in [0.29, 0.717) is 40.1 Å². The highest BCUT2D eigenvalue weighted by molar-refractivity contribution is 6.36. The van der Waals surface area contributed by atoms with Gasteiger partial charge in [-0.15, -0.1) is 0 Å². The predicted octanol–water partition coefficient (Wildman–Crippen LogP) is 5.28. The van der Waals surface area contributed by atoms with Crippen molar-refractivity contribution in [2.24, 2.45) is 0 Å². The van der Waals surface area contributed by atoms with E-state index in [2.05, 4.69) is 12.2 Å². The minimum Gasteiger partial charge on any atom is -0.493 e. The van der Waals surface area contributed by atoms with E-state index in [1.807, 2.05) is 18.2 Å². The van der Waals surface area contributed by atoms with Gasteiger partial charge in [-0.3, -0.25) is 9.59 Å². The van der Waals surface area contributed by atoms with E-state index in [1.54, 1.807) is 39.3 Å². The zero-order valence-electron chi connectivity index (χ0n) is 19.6. The third-order valence-electron chi connectivity index (χ3n) is 5.46. The van der Waals surface area contributed by atoms with Crippen LogP contribution in [-0.2, 0) is 22.6 Å². The molecule has 0 aliphatic carbocycles. The molecule has 0 heterocycles. The molecule has 2 amide bonds. The van der Waals surface area contributed by atoms with Crippen molar-refractivity contribution in [3.63, 3.8) is 0 Å². The van der Waals surface area contributed by atoms with Crippen LogP contribution in [-0.4, -0.2) is 43.5 Å². The van der Waals surface area contributed by atoms with Crippen LogP contribution in [0.2, 0.25) is 10.0 Å². The molecular formula is C25H32Cl2N2O4. The van der Waals surface area contributed by atoms with E-state index in [1.165, 1.54) is 4.90 Å². The molecule has 33 heavy (non-hydrogen) atoms. The van der Waals surface area contributed by atoms with E-state index in [9.17, 15) is 9.59 Å². The SMILES string of the molecule is CCCCNC(=O)C(C)N(Cc1c(Cl)cccc1Cl)C(=O)CCc1ccc(OC)c(OC)c1. The van der Waals surface area contributed by atoms with Gasteiger partial charge >= 0.3 is 0 Å². The van der Waals surface area contributed by atoms with Crippen molar-refractivity contribution in [3.8, 4) is 11.5 Å². The maximum absolute atomic E-state index is 13.3. The Morgan fingerprint density at radius 3 is 2.33 bits per heavy atom. The van der Waals surface area contributed by atoms with Gasteiger partial charge in [-0.1, -0.05) is 48.7 Å². The standard InChI is InChI=1S/C25H32Cl2N2O4/c1-5-6-14-28-25(31)17(2)29(16-19-20(26)8-7-9-21(19)27)24(30)13-11-18-10-12-22(32-3)23(15-18)33-4/h7-10,12,15,17H,5-6,11,13-14,16H2,1-4H3,(H,28,31). The van der Waals surface area contributed by atoms with Gasteiger partial charge in [-0.25, -0.2) is 0 Å². The van der Waals surface area contributed by atoms with Gasteiger partial charge in [0, 0.05) is 35.1 Å². The molecular weight excluding hydrogens is 463 g/mol. The van der Waals surface area contributed by atoms with Gasteiger partial charge in [0.1, 0.15) is 6.04 Å². The number of hydrogen-bond donors (Lipinski definition) is 1. The number of methoxy groups -OCH3 is 2. The molecule has 1 N–H and O–H groups in total. The van der Waals surface area contributed by atoms with E-state index in [0.717, 1.165) is 18.4 Å². The number of amides is 2. The largest absolute Gasteiger partial charge is 0.493 e. The number of carbonyl (C=O) groups is 2. The minimum atomic E-state index is -0.674. The Morgan fingerprint density at radius 2 is 1.73 bits per heavy atom. The second kappa shape index (κ2) is 13.3. The van der Waals surface area contributed by atoms with Gasteiger partial charge in [-0.05, 0) is 49.6 Å². The number of carbonyl (C=O) groups excluding carboxylic acids is 2. The van der Waals surface area contributed by atoms with Gasteiger partial charge in [0.2, 0.25) is 11.8 Å². The summed E-state index contributed by atoms with van der Waals surface area (Å²) in [6.45, 7) is 4.49. The lowest BCUT2D eigenvalue weighted by molar-refractivity contribution is -0.140. The maximum Gasteiger partial charge on any atom is 0.242 e. The molecule has 6 nitrogen and oxygen atoms in total.